The zero-order chi connectivity index (χ0) is 18.9. The van der Waals surface area contributed by atoms with E-state index in [9.17, 15) is 13.2 Å². The maximum absolute atomic E-state index is 12.8. The van der Waals surface area contributed by atoms with Crippen molar-refractivity contribution in [3.05, 3.63) is 42.0 Å². The zero-order valence-electron chi connectivity index (χ0n) is 15.3. The van der Waals surface area contributed by atoms with Gasteiger partial charge in [-0.25, -0.2) is 8.42 Å². The maximum Gasteiger partial charge on any atom is 0.272 e. The summed E-state index contributed by atoms with van der Waals surface area (Å²) in [7, 11) is -3.32. The number of likely N-dealkylation sites (tertiary alicyclic amines) is 1. The van der Waals surface area contributed by atoms with E-state index in [0.717, 1.165) is 0 Å². The normalized spacial score (nSPS) is 16.2. The lowest BCUT2D eigenvalue weighted by atomic mass is 9.93. The van der Waals surface area contributed by atoms with Crippen LogP contribution >= 0.6 is 0 Å². The molecule has 0 radical (unpaired) electrons. The first kappa shape index (κ1) is 18.6. The molecule has 2 aromatic rings. The quantitative estimate of drug-likeness (QED) is 0.817. The number of carbonyl (C=O) groups excluding carboxylic acids is 1. The minimum Gasteiger partial charge on any atom is -0.337 e. The van der Waals surface area contributed by atoms with Crippen LogP contribution in [-0.2, 0) is 9.84 Å². The Morgan fingerprint density at radius 3 is 2.50 bits per heavy atom. The lowest BCUT2D eigenvalue weighted by molar-refractivity contribution is 0.0696. The fraction of sp³-hybridized carbons (Fsp3) is 0.500. The predicted molar refractivity (Wildman–Crippen MR) is 97.8 cm³/mol. The second-order valence-electron chi connectivity index (χ2n) is 6.98. The van der Waals surface area contributed by atoms with Gasteiger partial charge in [0.1, 0.15) is 5.69 Å². The number of aromatic nitrogens is 3. The number of hydrogen-bond donors (Lipinski definition) is 0. The Kier molecular flexibility index (Phi) is 5.13. The number of pyridine rings is 1. The highest BCUT2D eigenvalue weighted by molar-refractivity contribution is 7.90. The van der Waals surface area contributed by atoms with Crippen LogP contribution in [0, 0.1) is 0 Å². The summed E-state index contributed by atoms with van der Waals surface area (Å²) in [5.74, 6) is 0.0130. The van der Waals surface area contributed by atoms with Gasteiger partial charge >= 0.3 is 0 Å². The summed E-state index contributed by atoms with van der Waals surface area (Å²) in [6, 6.07) is 5.11. The predicted octanol–water partition coefficient (Wildman–Crippen LogP) is 2.28. The van der Waals surface area contributed by atoms with Crippen LogP contribution in [0.2, 0.25) is 0 Å². The minimum absolute atomic E-state index is 0.0287. The van der Waals surface area contributed by atoms with Gasteiger partial charge in [0, 0.05) is 43.7 Å². The van der Waals surface area contributed by atoms with E-state index in [-0.39, 0.29) is 17.9 Å². The van der Waals surface area contributed by atoms with Crippen LogP contribution in [0.3, 0.4) is 0 Å². The monoisotopic (exact) mass is 376 g/mol. The number of sulfone groups is 1. The molecule has 3 rings (SSSR count). The Bertz CT molecular complexity index is 897. The molecule has 1 aliphatic heterocycles. The molecule has 8 heteroatoms. The third-order valence-electron chi connectivity index (χ3n) is 4.75. The van der Waals surface area contributed by atoms with Crippen LogP contribution in [-0.4, -0.2) is 53.3 Å². The highest BCUT2D eigenvalue weighted by Gasteiger charge is 2.29. The van der Waals surface area contributed by atoms with Gasteiger partial charge in [-0.05, 0) is 44.9 Å². The van der Waals surface area contributed by atoms with Crippen LogP contribution in [0.25, 0.3) is 0 Å². The largest absolute Gasteiger partial charge is 0.337 e. The van der Waals surface area contributed by atoms with E-state index in [2.05, 4.69) is 10.1 Å². The van der Waals surface area contributed by atoms with Gasteiger partial charge in [0.2, 0.25) is 0 Å². The first-order chi connectivity index (χ1) is 12.3. The lowest BCUT2D eigenvalue weighted by Gasteiger charge is -2.32. The van der Waals surface area contributed by atoms with Gasteiger partial charge in [0.15, 0.2) is 9.84 Å². The number of carbonyl (C=O) groups is 1. The van der Waals surface area contributed by atoms with Gasteiger partial charge in [0.05, 0.1) is 10.6 Å². The second kappa shape index (κ2) is 7.19. The van der Waals surface area contributed by atoms with Crippen LogP contribution in [0.1, 0.15) is 54.8 Å². The Morgan fingerprint density at radius 1 is 1.19 bits per heavy atom. The Morgan fingerprint density at radius 2 is 1.88 bits per heavy atom. The molecule has 7 nitrogen and oxygen atoms in total. The van der Waals surface area contributed by atoms with E-state index in [1.54, 1.807) is 35.3 Å². The zero-order valence-corrected chi connectivity index (χ0v) is 16.1. The lowest BCUT2D eigenvalue weighted by Crippen LogP contribution is -2.39. The summed E-state index contributed by atoms with van der Waals surface area (Å²) in [6.45, 7) is 5.13. The first-order valence-corrected chi connectivity index (χ1v) is 10.7. The van der Waals surface area contributed by atoms with Crippen LogP contribution in [0.5, 0.6) is 0 Å². The van der Waals surface area contributed by atoms with Gasteiger partial charge in [-0.2, -0.15) is 5.10 Å². The molecule has 0 bridgehead atoms. The van der Waals surface area contributed by atoms with Gasteiger partial charge in [-0.3, -0.25) is 14.5 Å². The second-order valence-corrected chi connectivity index (χ2v) is 8.96. The van der Waals surface area contributed by atoms with E-state index in [4.69, 9.17) is 0 Å². The number of piperidine rings is 1. The van der Waals surface area contributed by atoms with Crippen molar-refractivity contribution < 1.29 is 13.2 Å². The number of nitrogens with zero attached hydrogens (tertiary/aromatic N) is 4. The van der Waals surface area contributed by atoms with E-state index in [0.29, 0.717) is 42.2 Å². The molecule has 140 valence electrons. The molecule has 0 aromatic carbocycles. The molecule has 0 saturated carbocycles. The summed E-state index contributed by atoms with van der Waals surface area (Å²) in [6.07, 6.45) is 5.87. The first-order valence-electron chi connectivity index (χ1n) is 8.76. The molecule has 2 aromatic heterocycles. The van der Waals surface area contributed by atoms with Crippen molar-refractivity contribution in [2.24, 2.45) is 0 Å². The average Bonchev–Trinajstić information content (AvgIpc) is 3.10. The molecule has 1 amide bonds. The summed E-state index contributed by atoms with van der Waals surface area (Å²) in [5, 5.41) is 4.23. The molecule has 3 heterocycles. The summed E-state index contributed by atoms with van der Waals surface area (Å²) >= 11 is 0. The molecule has 1 saturated heterocycles. The molecule has 0 spiro atoms. The Hall–Kier alpha value is -2.22. The molecule has 0 unspecified atom stereocenters. The van der Waals surface area contributed by atoms with Crippen molar-refractivity contribution in [1.29, 1.82) is 0 Å². The molecule has 0 N–H and O–H groups in total. The van der Waals surface area contributed by atoms with E-state index in [1.165, 1.54) is 6.26 Å². The minimum atomic E-state index is -3.32. The summed E-state index contributed by atoms with van der Waals surface area (Å²) in [4.78, 5) is 19.2. The highest BCUT2D eigenvalue weighted by atomic mass is 32.2. The third kappa shape index (κ3) is 3.65. The van der Waals surface area contributed by atoms with E-state index >= 15 is 0 Å². The van der Waals surface area contributed by atoms with Crippen molar-refractivity contribution in [3.8, 4) is 0 Å². The smallest absolute Gasteiger partial charge is 0.272 e. The Labute approximate surface area is 154 Å². The fourth-order valence-electron chi connectivity index (χ4n) is 3.44. The van der Waals surface area contributed by atoms with Crippen LogP contribution in [0.15, 0.2) is 35.5 Å². The van der Waals surface area contributed by atoms with E-state index in [1.807, 2.05) is 18.7 Å². The molecule has 0 aliphatic carbocycles. The van der Waals surface area contributed by atoms with Gasteiger partial charge in [-0.15, -0.1) is 0 Å². The van der Waals surface area contributed by atoms with Crippen molar-refractivity contribution in [1.82, 2.24) is 19.7 Å². The maximum atomic E-state index is 12.8. The fourth-order valence-corrected chi connectivity index (χ4v) is 4.36. The van der Waals surface area contributed by atoms with Gasteiger partial charge < -0.3 is 4.90 Å². The van der Waals surface area contributed by atoms with Gasteiger partial charge in [-0.1, -0.05) is 0 Å². The van der Waals surface area contributed by atoms with Crippen molar-refractivity contribution in [3.63, 3.8) is 0 Å². The number of hydrogen-bond acceptors (Lipinski definition) is 5. The molecular weight excluding hydrogens is 352 g/mol. The number of rotatable bonds is 4. The highest BCUT2D eigenvalue weighted by Crippen LogP contribution is 2.31. The van der Waals surface area contributed by atoms with Crippen molar-refractivity contribution in [2.45, 2.75) is 43.5 Å². The van der Waals surface area contributed by atoms with Crippen LogP contribution < -0.4 is 0 Å². The standard InChI is InChI=1S/C18H24N4O3S/c1-13(2)22-15(6-10-20-22)18(23)21-11-7-14(8-12-21)17-16(26(3,24)25)5-4-9-19-17/h4-6,9-10,13-14H,7-8,11-12H2,1-3H3. The topological polar surface area (TPSA) is 85.2 Å². The summed E-state index contributed by atoms with van der Waals surface area (Å²) < 4.78 is 25.8. The molecule has 26 heavy (non-hydrogen) atoms. The molecule has 0 atom stereocenters. The molecular formula is C18H24N4O3S. The third-order valence-corrected chi connectivity index (χ3v) is 5.89. The van der Waals surface area contributed by atoms with Gasteiger partial charge in [0.25, 0.3) is 5.91 Å². The Balaban J connectivity index is 1.74. The molecule has 1 fully saturated rings. The average molecular weight is 376 g/mol. The van der Waals surface area contributed by atoms with Crippen molar-refractivity contribution >= 4 is 15.7 Å². The SMILES string of the molecule is CC(C)n1nccc1C(=O)N1CCC(c2ncccc2S(C)(=O)=O)CC1. The number of amides is 1. The summed E-state index contributed by atoms with van der Waals surface area (Å²) in [5.41, 5.74) is 1.21. The van der Waals surface area contributed by atoms with Crippen LogP contribution in [0.4, 0.5) is 0 Å². The molecule has 1 aliphatic rings. The van der Waals surface area contributed by atoms with Crippen molar-refractivity contribution in [2.75, 3.05) is 19.3 Å². The van der Waals surface area contributed by atoms with E-state index < -0.39 is 9.84 Å².